The van der Waals surface area contributed by atoms with E-state index in [4.69, 9.17) is 4.74 Å². The molecule has 0 aliphatic rings. The average Bonchev–Trinajstić information content (AvgIpc) is 3.15. The van der Waals surface area contributed by atoms with Gasteiger partial charge in [-0.05, 0) is 31.2 Å². The van der Waals surface area contributed by atoms with Gasteiger partial charge in [0, 0.05) is 35.1 Å². The molecule has 0 aliphatic carbocycles. The number of hydrogen-bond acceptors (Lipinski definition) is 5. The summed E-state index contributed by atoms with van der Waals surface area (Å²) >= 11 is 1.19. The molecule has 7 heteroatoms. The van der Waals surface area contributed by atoms with Crippen LogP contribution in [0.5, 0.6) is 0 Å². The number of thiazole rings is 1. The molecule has 0 fully saturated rings. The molecule has 3 aromatic rings. The summed E-state index contributed by atoms with van der Waals surface area (Å²) in [7, 11) is 1.95. The summed E-state index contributed by atoms with van der Waals surface area (Å²) in [5, 5.41) is 5.62. The summed E-state index contributed by atoms with van der Waals surface area (Å²) in [4.78, 5) is 27.9. The van der Waals surface area contributed by atoms with Crippen molar-refractivity contribution in [2.45, 2.75) is 6.92 Å². The van der Waals surface area contributed by atoms with Crippen molar-refractivity contribution in [3.8, 4) is 0 Å². The van der Waals surface area contributed by atoms with E-state index in [1.807, 2.05) is 36.0 Å². The number of anilines is 1. The maximum Gasteiger partial charge on any atom is 0.357 e. The first-order chi connectivity index (χ1) is 11.1. The molecule has 0 radical (unpaired) electrons. The standard InChI is InChI=1S/C16H15N3O3S/c1-3-22-15(21)12-9-23-16(17-12)18-14(20)11-4-5-13-10(8-11)6-7-19(13)2/h4-9H,3H2,1-2H3,(H,17,18,20). The van der Waals surface area contributed by atoms with E-state index in [1.165, 1.54) is 11.3 Å². The Morgan fingerprint density at radius 1 is 1.35 bits per heavy atom. The number of aromatic nitrogens is 2. The molecule has 1 aromatic carbocycles. The fourth-order valence-electron chi connectivity index (χ4n) is 2.22. The predicted molar refractivity (Wildman–Crippen MR) is 88.9 cm³/mol. The molecule has 0 spiro atoms. The number of nitrogens with one attached hydrogen (secondary N) is 1. The molecule has 3 rings (SSSR count). The number of hydrogen-bond donors (Lipinski definition) is 1. The van der Waals surface area contributed by atoms with Crippen molar-refractivity contribution < 1.29 is 14.3 Å². The maximum atomic E-state index is 12.3. The second kappa shape index (κ2) is 6.21. The van der Waals surface area contributed by atoms with E-state index in [0.29, 0.717) is 10.7 Å². The van der Waals surface area contributed by atoms with Gasteiger partial charge in [-0.3, -0.25) is 10.1 Å². The number of benzene rings is 1. The second-order valence-corrected chi connectivity index (χ2v) is 5.77. The number of ether oxygens (including phenoxy) is 1. The van der Waals surface area contributed by atoms with Crippen molar-refractivity contribution in [3.05, 3.63) is 47.1 Å². The maximum absolute atomic E-state index is 12.3. The minimum atomic E-state index is -0.491. The van der Waals surface area contributed by atoms with Crippen LogP contribution in [0.15, 0.2) is 35.8 Å². The highest BCUT2D eigenvalue weighted by Gasteiger charge is 2.14. The minimum absolute atomic E-state index is 0.200. The van der Waals surface area contributed by atoms with Gasteiger partial charge < -0.3 is 9.30 Å². The molecule has 118 valence electrons. The number of fused-ring (bicyclic) bond motifs is 1. The first-order valence-corrected chi connectivity index (χ1v) is 7.95. The second-order valence-electron chi connectivity index (χ2n) is 4.91. The Bertz CT molecular complexity index is 882. The van der Waals surface area contributed by atoms with Crippen LogP contribution in [0.25, 0.3) is 10.9 Å². The topological polar surface area (TPSA) is 73.2 Å². The van der Waals surface area contributed by atoms with Crippen LogP contribution in [-0.2, 0) is 11.8 Å². The van der Waals surface area contributed by atoms with Gasteiger partial charge in [0.15, 0.2) is 10.8 Å². The van der Waals surface area contributed by atoms with Crippen molar-refractivity contribution in [1.29, 1.82) is 0 Å². The SMILES string of the molecule is CCOC(=O)c1csc(NC(=O)c2ccc3c(ccn3C)c2)n1. The highest BCUT2D eigenvalue weighted by Crippen LogP contribution is 2.20. The van der Waals surface area contributed by atoms with Gasteiger partial charge in [0.05, 0.1) is 6.61 Å². The van der Waals surface area contributed by atoms with Crippen LogP contribution in [0.2, 0.25) is 0 Å². The number of esters is 1. The predicted octanol–water partition coefficient (Wildman–Crippen LogP) is 3.06. The van der Waals surface area contributed by atoms with Gasteiger partial charge in [-0.2, -0.15) is 0 Å². The van der Waals surface area contributed by atoms with E-state index in [-0.39, 0.29) is 18.2 Å². The molecule has 1 amide bonds. The fraction of sp³-hybridized carbons (Fsp3) is 0.188. The molecule has 2 aromatic heterocycles. The number of rotatable bonds is 4. The first kappa shape index (κ1) is 15.2. The molecule has 0 unspecified atom stereocenters. The monoisotopic (exact) mass is 329 g/mol. The minimum Gasteiger partial charge on any atom is -0.461 e. The Labute approximate surface area is 136 Å². The molecule has 6 nitrogen and oxygen atoms in total. The Kier molecular flexibility index (Phi) is 4.12. The highest BCUT2D eigenvalue weighted by atomic mass is 32.1. The van der Waals surface area contributed by atoms with E-state index < -0.39 is 5.97 Å². The molecular weight excluding hydrogens is 314 g/mol. The van der Waals surface area contributed by atoms with Crippen LogP contribution in [0, 0.1) is 0 Å². The highest BCUT2D eigenvalue weighted by molar-refractivity contribution is 7.14. The molecule has 0 aliphatic heterocycles. The number of carbonyl (C=O) groups is 2. The zero-order chi connectivity index (χ0) is 16.4. The van der Waals surface area contributed by atoms with Crippen molar-refractivity contribution >= 4 is 39.2 Å². The Hall–Kier alpha value is -2.67. The third-order valence-electron chi connectivity index (χ3n) is 3.36. The first-order valence-electron chi connectivity index (χ1n) is 7.07. The summed E-state index contributed by atoms with van der Waals surface area (Å²) in [6, 6.07) is 7.44. The van der Waals surface area contributed by atoms with Gasteiger partial charge >= 0.3 is 5.97 Å². The van der Waals surface area contributed by atoms with Gasteiger partial charge in [0.25, 0.3) is 5.91 Å². The molecule has 23 heavy (non-hydrogen) atoms. The van der Waals surface area contributed by atoms with E-state index in [2.05, 4.69) is 10.3 Å². The molecule has 0 bridgehead atoms. The van der Waals surface area contributed by atoms with Gasteiger partial charge in [-0.25, -0.2) is 9.78 Å². The van der Waals surface area contributed by atoms with E-state index >= 15 is 0 Å². The molecule has 0 saturated heterocycles. The van der Waals surface area contributed by atoms with Crippen LogP contribution in [0.1, 0.15) is 27.8 Å². The van der Waals surface area contributed by atoms with Crippen LogP contribution in [0.3, 0.4) is 0 Å². The van der Waals surface area contributed by atoms with Gasteiger partial charge in [0.1, 0.15) is 0 Å². The van der Waals surface area contributed by atoms with Gasteiger partial charge in [-0.1, -0.05) is 0 Å². The van der Waals surface area contributed by atoms with Crippen LogP contribution in [-0.4, -0.2) is 28.0 Å². The third kappa shape index (κ3) is 3.09. The van der Waals surface area contributed by atoms with Crippen molar-refractivity contribution in [2.24, 2.45) is 7.05 Å². The Morgan fingerprint density at radius 2 is 2.17 bits per heavy atom. The molecule has 0 atom stereocenters. The Balaban J connectivity index is 1.76. The van der Waals surface area contributed by atoms with Crippen molar-refractivity contribution in [3.63, 3.8) is 0 Å². The molecule has 1 N–H and O–H groups in total. The number of amides is 1. The lowest BCUT2D eigenvalue weighted by atomic mass is 10.1. The van der Waals surface area contributed by atoms with E-state index in [1.54, 1.807) is 18.4 Å². The molecular formula is C16H15N3O3S. The lowest BCUT2D eigenvalue weighted by Gasteiger charge is -2.03. The number of carbonyl (C=O) groups excluding carboxylic acids is 2. The summed E-state index contributed by atoms with van der Waals surface area (Å²) < 4.78 is 6.86. The van der Waals surface area contributed by atoms with Crippen molar-refractivity contribution in [1.82, 2.24) is 9.55 Å². The fourth-order valence-corrected chi connectivity index (χ4v) is 2.90. The largest absolute Gasteiger partial charge is 0.461 e. The summed E-state index contributed by atoms with van der Waals surface area (Å²) in [5.41, 5.74) is 1.79. The molecule has 0 saturated carbocycles. The van der Waals surface area contributed by atoms with Crippen LogP contribution >= 0.6 is 11.3 Å². The smallest absolute Gasteiger partial charge is 0.357 e. The number of aryl methyl sites for hydroxylation is 1. The molecule has 2 heterocycles. The Morgan fingerprint density at radius 3 is 2.96 bits per heavy atom. The zero-order valence-electron chi connectivity index (χ0n) is 12.7. The van der Waals surface area contributed by atoms with Gasteiger partial charge in [0.2, 0.25) is 0 Å². The van der Waals surface area contributed by atoms with Crippen molar-refractivity contribution in [2.75, 3.05) is 11.9 Å². The third-order valence-corrected chi connectivity index (χ3v) is 4.11. The lowest BCUT2D eigenvalue weighted by Crippen LogP contribution is -2.12. The summed E-state index contributed by atoms with van der Waals surface area (Å²) in [5.74, 6) is -0.754. The summed E-state index contributed by atoms with van der Waals surface area (Å²) in [6.45, 7) is 2.02. The van der Waals surface area contributed by atoms with E-state index in [9.17, 15) is 9.59 Å². The average molecular weight is 329 g/mol. The van der Waals surface area contributed by atoms with Crippen LogP contribution in [0.4, 0.5) is 5.13 Å². The normalized spacial score (nSPS) is 10.7. The quantitative estimate of drug-likeness (QED) is 0.747. The zero-order valence-corrected chi connectivity index (χ0v) is 13.5. The number of nitrogens with zero attached hydrogens (tertiary/aromatic N) is 2. The van der Waals surface area contributed by atoms with E-state index in [0.717, 1.165) is 10.9 Å². The summed E-state index contributed by atoms with van der Waals surface area (Å²) in [6.07, 6.45) is 1.94. The lowest BCUT2D eigenvalue weighted by molar-refractivity contribution is 0.0520. The van der Waals surface area contributed by atoms with Gasteiger partial charge in [-0.15, -0.1) is 11.3 Å². The van der Waals surface area contributed by atoms with Crippen LogP contribution < -0.4 is 5.32 Å².